The van der Waals surface area contributed by atoms with E-state index >= 15 is 0 Å². The van der Waals surface area contributed by atoms with E-state index in [9.17, 15) is 4.79 Å². The van der Waals surface area contributed by atoms with Crippen molar-refractivity contribution < 1.29 is 14.3 Å². The molecule has 0 spiro atoms. The molecule has 0 aromatic heterocycles. The molecule has 1 heterocycles. The van der Waals surface area contributed by atoms with Crippen molar-refractivity contribution in [3.05, 3.63) is 64.7 Å². The zero-order valence-electron chi connectivity index (χ0n) is 13.3. The van der Waals surface area contributed by atoms with E-state index in [0.717, 1.165) is 11.1 Å². The largest absolute Gasteiger partial charge is 0.486 e. The van der Waals surface area contributed by atoms with Gasteiger partial charge in [0.15, 0.2) is 11.5 Å². The minimum Gasteiger partial charge on any atom is -0.486 e. The normalized spacial score (nSPS) is 14.4. The summed E-state index contributed by atoms with van der Waals surface area (Å²) in [5, 5.41) is 3.41. The summed E-state index contributed by atoms with van der Waals surface area (Å²) < 4.78 is 11.0. The summed E-state index contributed by atoms with van der Waals surface area (Å²) >= 11 is 6.19. The van der Waals surface area contributed by atoms with Crippen molar-refractivity contribution in [2.45, 2.75) is 13.0 Å². The Morgan fingerprint density at radius 1 is 1.21 bits per heavy atom. The lowest BCUT2D eigenvalue weighted by atomic mass is 10.1. The number of carbonyl (C=O) groups excluding carboxylic acids is 1. The predicted octanol–water partition coefficient (Wildman–Crippen LogP) is 4.00. The minimum atomic E-state index is -0.169. The number of rotatable bonds is 4. The molecule has 1 aliphatic rings. The molecule has 1 amide bonds. The number of nitrogens with one attached hydrogen (secondary N) is 1. The number of benzene rings is 2. The molecule has 4 nitrogen and oxygen atoms in total. The molecule has 124 valence electrons. The molecular weight excluding hydrogens is 326 g/mol. The Morgan fingerprint density at radius 2 is 1.96 bits per heavy atom. The highest BCUT2D eigenvalue weighted by molar-refractivity contribution is 6.32. The van der Waals surface area contributed by atoms with Crippen LogP contribution in [0.5, 0.6) is 11.5 Å². The van der Waals surface area contributed by atoms with E-state index in [4.69, 9.17) is 21.1 Å². The van der Waals surface area contributed by atoms with Gasteiger partial charge in [-0.2, -0.15) is 0 Å². The Bertz CT molecular complexity index is 759. The van der Waals surface area contributed by atoms with Crippen molar-refractivity contribution in [1.29, 1.82) is 0 Å². The van der Waals surface area contributed by atoms with Crippen molar-refractivity contribution in [2.75, 3.05) is 13.2 Å². The summed E-state index contributed by atoms with van der Waals surface area (Å²) in [5.41, 5.74) is 1.84. The molecule has 1 N–H and O–H groups in total. The van der Waals surface area contributed by atoms with Gasteiger partial charge in [-0.05, 0) is 36.3 Å². The second-order valence-electron chi connectivity index (χ2n) is 5.50. The average molecular weight is 344 g/mol. The van der Waals surface area contributed by atoms with E-state index in [1.54, 1.807) is 12.1 Å². The number of fused-ring (bicyclic) bond motifs is 1. The van der Waals surface area contributed by atoms with Crippen LogP contribution in [0.15, 0.2) is 48.5 Å². The van der Waals surface area contributed by atoms with Gasteiger partial charge in [0.2, 0.25) is 5.91 Å². The van der Waals surface area contributed by atoms with Crippen LogP contribution in [-0.4, -0.2) is 19.1 Å². The third kappa shape index (κ3) is 3.89. The SMILES string of the molecule is C[C@H](NC(=O)/C=C/c1cc(Cl)c2c(c1)OCCO2)c1ccccc1. The molecule has 0 aliphatic carbocycles. The molecule has 2 aromatic rings. The van der Waals surface area contributed by atoms with Crippen LogP contribution in [0, 0.1) is 0 Å². The topological polar surface area (TPSA) is 47.6 Å². The van der Waals surface area contributed by atoms with Crippen LogP contribution in [0.1, 0.15) is 24.1 Å². The number of hydrogen-bond donors (Lipinski definition) is 1. The fraction of sp³-hybridized carbons (Fsp3) is 0.211. The fourth-order valence-corrected chi connectivity index (χ4v) is 2.76. The van der Waals surface area contributed by atoms with Gasteiger partial charge in [0, 0.05) is 6.08 Å². The van der Waals surface area contributed by atoms with E-state index in [1.807, 2.05) is 43.3 Å². The fourth-order valence-electron chi connectivity index (χ4n) is 2.49. The van der Waals surface area contributed by atoms with Crippen molar-refractivity contribution in [2.24, 2.45) is 0 Å². The monoisotopic (exact) mass is 343 g/mol. The Hall–Kier alpha value is -2.46. The first kappa shape index (κ1) is 16.4. The third-order valence-corrected chi connectivity index (χ3v) is 3.99. The van der Waals surface area contributed by atoms with E-state index in [2.05, 4.69) is 5.32 Å². The Balaban J connectivity index is 1.67. The first-order valence-electron chi connectivity index (χ1n) is 7.76. The number of hydrogen-bond acceptors (Lipinski definition) is 3. The van der Waals surface area contributed by atoms with Gasteiger partial charge < -0.3 is 14.8 Å². The maximum Gasteiger partial charge on any atom is 0.244 e. The van der Waals surface area contributed by atoms with Crippen LogP contribution in [0.2, 0.25) is 5.02 Å². The Kier molecular flexibility index (Phi) is 5.06. The molecule has 1 aliphatic heterocycles. The van der Waals surface area contributed by atoms with Crippen LogP contribution >= 0.6 is 11.6 Å². The summed E-state index contributed by atoms with van der Waals surface area (Å²) in [4.78, 5) is 12.1. The molecule has 0 saturated heterocycles. The maximum atomic E-state index is 12.1. The molecule has 0 unspecified atom stereocenters. The Labute approximate surface area is 146 Å². The second-order valence-corrected chi connectivity index (χ2v) is 5.91. The highest BCUT2D eigenvalue weighted by Crippen LogP contribution is 2.38. The highest BCUT2D eigenvalue weighted by atomic mass is 35.5. The summed E-state index contributed by atoms with van der Waals surface area (Å²) in [7, 11) is 0. The van der Waals surface area contributed by atoms with Crippen molar-refractivity contribution in [3.63, 3.8) is 0 Å². The van der Waals surface area contributed by atoms with Gasteiger partial charge in [-0.25, -0.2) is 0 Å². The molecule has 24 heavy (non-hydrogen) atoms. The zero-order chi connectivity index (χ0) is 16.9. The maximum absolute atomic E-state index is 12.1. The summed E-state index contributed by atoms with van der Waals surface area (Å²) in [5.74, 6) is 0.992. The van der Waals surface area contributed by atoms with Gasteiger partial charge in [-0.3, -0.25) is 4.79 Å². The van der Waals surface area contributed by atoms with Crippen LogP contribution in [0.4, 0.5) is 0 Å². The third-order valence-electron chi connectivity index (χ3n) is 3.70. The number of halogens is 1. The number of carbonyl (C=O) groups is 1. The summed E-state index contributed by atoms with van der Waals surface area (Å²) in [6, 6.07) is 13.3. The molecule has 0 saturated carbocycles. The lowest BCUT2D eigenvalue weighted by molar-refractivity contribution is -0.117. The van der Waals surface area contributed by atoms with Gasteiger partial charge in [-0.1, -0.05) is 41.9 Å². The van der Waals surface area contributed by atoms with Crippen LogP contribution in [0.25, 0.3) is 6.08 Å². The van der Waals surface area contributed by atoms with Crippen molar-refractivity contribution >= 4 is 23.6 Å². The predicted molar refractivity (Wildman–Crippen MR) is 94.5 cm³/mol. The Morgan fingerprint density at radius 3 is 2.75 bits per heavy atom. The highest BCUT2D eigenvalue weighted by Gasteiger charge is 2.16. The van der Waals surface area contributed by atoms with Crippen LogP contribution in [0.3, 0.4) is 0 Å². The zero-order valence-corrected chi connectivity index (χ0v) is 14.0. The summed E-state index contributed by atoms with van der Waals surface area (Å²) in [6.07, 6.45) is 3.19. The molecule has 5 heteroatoms. The molecule has 0 fully saturated rings. The lowest BCUT2D eigenvalue weighted by Crippen LogP contribution is -2.24. The quantitative estimate of drug-likeness (QED) is 0.853. The smallest absolute Gasteiger partial charge is 0.244 e. The summed E-state index contributed by atoms with van der Waals surface area (Å²) in [6.45, 7) is 2.93. The van der Waals surface area contributed by atoms with E-state index < -0.39 is 0 Å². The minimum absolute atomic E-state index is 0.0628. The average Bonchev–Trinajstić information content (AvgIpc) is 2.61. The molecule has 0 radical (unpaired) electrons. The number of ether oxygens (including phenoxy) is 2. The van der Waals surface area contributed by atoms with Crippen molar-refractivity contribution in [1.82, 2.24) is 5.32 Å². The van der Waals surface area contributed by atoms with E-state index in [0.29, 0.717) is 29.7 Å². The van der Waals surface area contributed by atoms with E-state index in [1.165, 1.54) is 6.08 Å². The van der Waals surface area contributed by atoms with Gasteiger partial charge in [0.1, 0.15) is 13.2 Å². The van der Waals surface area contributed by atoms with E-state index in [-0.39, 0.29) is 11.9 Å². The van der Waals surface area contributed by atoms with Crippen LogP contribution in [-0.2, 0) is 4.79 Å². The number of amides is 1. The van der Waals surface area contributed by atoms with Crippen LogP contribution < -0.4 is 14.8 Å². The molecule has 0 bridgehead atoms. The van der Waals surface area contributed by atoms with Gasteiger partial charge in [0.05, 0.1) is 11.1 Å². The second kappa shape index (κ2) is 7.41. The molecule has 3 rings (SSSR count). The molecule has 2 aromatic carbocycles. The van der Waals surface area contributed by atoms with Gasteiger partial charge in [0.25, 0.3) is 0 Å². The molecular formula is C19H18ClNO3. The lowest BCUT2D eigenvalue weighted by Gasteiger charge is -2.19. The first-order valence-corrected chi connectivity index (χ1v) is 8.14. The van der Waals surface area contributed by atoms with Gasteiger partial charge >= 0.3 is 0 Å². The standard InChI is InChI=1S/C19H18ClNO3/c1-13(15-5-3-2-4-6-15)21-18(22)8-7-14-11-16(20)19-17(12-14)23-9-10-24-19/h2-8,11-13H,9-10H2,1H3,(H,21,22)/b8-7+/t13-/m0/s1. The molecule has 1 atom stereocenters. The first-order chi connectivity index (χ1) is 11.6. The van der Waals surface area contributed by atoms with Crippen molar-refractivity contribution in [3.8, 4) is 11.5 Å². The van der Waals surface area contributed by atoms with Gasteiger partial charge in [-0.15, -0.1) is 0 Å².